The van der Waals surface area contributed by atoms with Crippen molar-refractivity contribution in [2.75, 3.05) is 10.8 Å². The van der Waals surface area contributed by atoms with E-state index in [1.165, 1.54) is 17.0 Å². The second-order valence-electron chi connectivity index (χ2n) is 10.7. The average molecular weight is 697 g/mol. The summed E-state index contributed by atoms with van der Waals surface area (Å²) < 4.78 is 30.1. The molecule has 1 atom stereocenters. The van der Waals surface area contributed by atoms with Gasteiger partial charge in [0, 0.05) is 28.5 Å². The van der Waals surface area contributed by atoms with Gasteiger partial charge in [-0.1, -0.05) is 94.3 Å². The number of carbonyl (C=O) groups is 2. The van der Waals surface area contributed by atoms with Crippen molar-refractivity contribution in [1.29, 1.82) is 0 Å². The lowest BCUT2D eigenvalue weighted by Crippen LogP contribution is -2.54. The smallest absolute Gasteiger partial charge is 0.264 e. The summed E-state index contributed by atoms with van der Waals surface area (Å²) in [5.74, 6) is -0.868. The van der Waals surface area contributed by atoms with E-state index >= 15 is 0 Å². The first-order valence-electron chi connectivity index (χ1n) is 14.2. The first-order chi connectivity index (χ1) is 21.0. The quantitative estimate of drug-likeness (QED) is 0.177. The van der Waals surface area contributed by atoms with Crippen LogP contribution in [0.15, 0.2) is 112 Å². The minimum absolute atomic E-state index is 0.0316. The average Bonchev–Trinajstić information content (AvgIpc) is 2.99. The van der Waals surface area contributed by atoms with E-state index in [1.54, 1.807) is 43.3 Å². The molecule has 2 amide bonds. The maximum atomic E-state index is 14.5. The van der Waals surface area contributed by atoms with Gasteiger partial charge in [0.05, 0.1) is 10.6 Å². The van der Waals surface area contributed by atoms with Crippen LogP contribution < -0.4 is 9.62 Å². The first-order valence-corrected chi connectivity index (χ1v) is 16.8. The second-order valence-corrected chi connectivity index (χ2v) is 13.9. The molecule has 0 spiro atoms. The van der Waals surface area contributed by atoms with E-state index in [0.717, 1.165) is 19.9 Å². The molecule has 0 aliphatic heterocycles. The molecule has 4 rings (SSSR count). The monoisotopic (exact) mass is 695 g/mol. The zero-order valence-electron chi connectivity index (χ0n) is 24.8. The van der Waals surface area contributed by atoms with Gasteiger partial charge in [0.15, 0.2) is 0 Å². The van der Waals surface area contributed by atoms with Crippen molar-refractivity contribution in [1.82, 2.24) is 10.2 Å². The van der Waals surface area contributed by atoms with Crippen LogP contribution in [-0.2, 0) is 32.6 Å². The fourth-order valence-corrected chi connectivity index (χ4v) is 6.97. The Balaban J connectivity index is 1.83. The molecule has 4 aromatic rings. The second kappa shape index (κ2) is 14.9. The molecule has 0 unspecified atom stereocenters. The first kappa shape index (κ1) is 33.2. The third kappa shape index (κ3) is 8.28. The van der Waals surface area contributed by atoms with E-state index in [0.29, 0.717) is 10.6 Å². The number of halogens is 2. The Morgan fingerprint density at radius 3 is 2.11 bits per heavy atom. The van der Waals surface area contributed by atoms with Crippen LogP contribution in [-0.4, -0.2) is 43.8 Å². The predicted octanol–water partition coefficient (Wildman–Crippen LogP) is 6.77. The van der Waals surface area contributed by atoms with Crippen LogP contribution in [0.25, 0.3) is 0 Å². The van der Waals surface area contributed by atoms with Gasteiger partial charge < -0.3 is 10.2 Å². The lowest BCUT2D eigenvalue weighted by Gasteiger charge is -2.34. The van der Waals surface area contributed by atoms with Crippen molar-refractivity contribution >= 4 is 55.1 Å². The van der Waals surface area contributed by atoms with E-state index < -0.39 is 28.5 Å². The Hall–Kier alpha value is -3.66. The lowest BCUT2D eigenvalue weighted by atomic mass is 10.0. The number of rotatable bonds is 12. The molecule has 0 saturated heterocycles. The largest absolute Gasteiger partial charge is 0.352 e. The molecule has 0 heterocycles. The van der Waals surface area contributed by atoms with Crippen LogP contribution in [0.4, 0.5) is 5.69 Å². The fourth-order valence-electron chi connectivity index (χ4n) is 4.87. The minimum atomic E-state index is -4.21. The number of benzene rings is 4. The highest BCUT2D eigenvalue weighted by atomic mass is 79.9. The Morgan fingerprint density at radius 2 is 1.48 bits per heavy atom. The van der Waals surface area contributed by atoms with Gasteiger partial charge in [-0.3, -0.25) is 13.9 Å². The maximum Gasteiger partial charge on any atom is 0.264 e. The standard InChI is InChI=1S/C34H35BrClN3O4S/c1-24(2)37-34(41)32(21-26-12-6-4-7-13-26)38(22-27-14-10-15-28(35)20-27)33(40)23-39(31-19-11-18-30(36)25(31)3)44(42,43)29-16-8-5-9-17-29/h4-20,24,32H,21-23H2,1-3H3,(H,37,41)/t32-/m0/s1. The molecule has 0 bridgehead atoms. The highest BCUT2D eigenvalue weighted by molar-refractivity contribution is 9.10. The molecular weight excluding hydrogens is 662 g/mol. The van der Waals surface area contributed by atoms with Crippen LogP contribution >= 0.6 is 27.5 Å². The van der Waals surface area contributed by atoms with E-state index in [4.69, 9.17) is 11.6 Å². The van der Waals surface area contributed by atoms with Crippen molar-refractivity contribution in [3.63, 3.8) is 0 Å². The molecule has 0 aliphatic rings. The molecule has 230 valence electrons. The van der Waals surface area contributed by atoms with Gasteiger partial charge in [-0.05, 0) is 73.9 Å². The van der Waals surface area contributed by atoms with Gasteiger partial charge in [0.25, 0.3) is 10.0 Å². The van der Waals surface area contributed by atoms with Crippen molar-refractivity contribution in [3.8, 4) is 0 Å². The Bertz CT molecular complexity index is 1700. The van der Waals surface area contributed by atoms with Crippen LogP contribution in [0.3, 0.4) is 0 Å². The summed E-state index contributed by atoms with van der Waals surface area (Å²) >= 11 is 9.93. The zero-order chi connectivity index (χ0) is 31.9. The third-order valence-electron chi connectivity index (χ3n) is 7.06. The summed E-state index contributed by atoms with van der Waals surface area (Å²) in [5, 5.41) is 3.33. The van der Waals surface area contributed by atoms with Gasteiger partial charge in [0.2, 0.25) is 11.8 Å². The number of amides is 2. The van der Waals surface area contributed by atoms with E-state index in [9.17, 15) is 18.0 Å². The number of sulfonamides is 1. The summed E-state index contributed by atoms with van der Waals surface area (Å²) in [6.07, 6.45) is 0.237. The molecule has 10 heteroatoms. The van der Waals surface area contributed by atoms with Crippen LogP contribution in [0.1, 0.15) is 30.5 Å². The summed E-state index contributed by atoms with van der Waals surface area (Å²) in [6.45, 7) is 4.95. The summed E-state index contributed by atoms with van der Waals surface area (Å²) in [7, 11) is -4.21. The van der Waals surface area contributed by atoms with Gasteiger partial charge in [0.1, 0.15) is 12.6 Å². The third-order valence-corrected chi connectivity index (χ3v) is 9.74. The van der Waals surface area contributed by atoms with Crippen molar-refractivity contribution < 1.29 is 18.0 Å². The number of anilines is 1. The number of nitrogens with zero attached hydrogens (tertiary/aromatic N) is 2. The molecule has 0 aromatic heterocycles. The van der Waals surface area contributed by atoms with Gasteiger partial charge in [-0.25, -0.2) is 8.42 Å². The summed E-state index contributed by atoms with van der Waals surface area (Å²) in [4.78, 5) is 29.8. The topological polar surface area (TPSA) is 86.8 Å². The number of carbonyl (C=O) groups excluding carboxylic acids is 2. The van der Waals surface area contributed by atoms with E-state index in [-0.39, 0.29) is 35.5 Å². The molecule has 0 radical (unpaired) electrons. The Kier molecular flexibility index (Phi) is 11.2. The minimum Gasteiger partial charge on any atom is -0.352 e. The van der Waals surface area contributed by atoms with Gasteiger partial charge >= 0.3 is 0 Å². The van der Waals surface area contributed by atoms with Crippen LogP contribution in [0.5, 0.6) is 0 Å². The van der Waals surface area contributed by atoms with Crippen molar-refractivity contribution in [3.05, 3.63) is 129 Å². The number of nitrogens with one attached hydrogen (secondary N) is 1. The Morgan fingerprint density at radius 1 is 0.864 bits per heavy atom. The molecule has 7 nitrogen and oxygen atoms in total. The summed E-state index contributed by atoms with van der Waals surface area (Å²) in [6, 6.07) is 28.7. The lowest BCUT2D eigenvalue weighted by molar-refractivity contribution is -0.140. The SMILES string of the molecule is Cc1c(Cl)cccc1N(CC(=O)N(Cc1cccc(Br)c1)[C@@H](Cc1ccccc1)C(=O)NC(C)C)S(=O)(=O)c1ccccc1. The van der Waals surface area contributed by atoms with E-state index in [2.05, 4.69) is 21.2 Å². The van der Waals surface area contributed by atoms with Crippen molar-refractivity contribution in [2.24, 2.45) is 0 Å². The highest BCUT2D eigenvalue weighted by Crippen LogP contribution is 2.31. The van der Waals surface area contributed by atoms with E-state index in [1.807, 2.05) is 68.4 Å². The Labute approximate surface area is 273 Å². The molecule has 0 fully saturated rings. The predicted molar refractivity (Wildman–Crippen MR) is 179 cm³/mol. The molecule has 0 aliphatic carbocycles. The normalized spacial score (nSPS) is 12.0. The molecule has 0 saturated carbocycles. The van der Waals surface area contributed by atoms with Crippen LogP contribution in [0, 0.1) is 6.92 Å². The maximum absolute atomic E-state index is 14.5. The molecule has 4 aromatic carbocycles. The van der Waals surface area contributed by atoms with Crippen LogP contribution in [0.2, 0.25) is 5.02 Å². The van der Waals surface area contributed by atoms with Gasteiger partial charge in [-0.15, -0.1) is 0 Å². The summed E-state index contributed by atoms with van der Waals surface area (Å²) in [5.41, 5.74) is 2.43. The fraction of sp³-hybridized carbons (Fsp3) is 0.235. The zero-order valence-corrected chi connectivity index (χ0v) is 27.9. The highest BCUT2D eigenvalue weighted by Gasteiger charge is 2.35. The van der Waals surface area contributed by atoms with Crippen molar-refractivity contribution in [2.45, 2.75) is 50.7 Å². The molecule has 1 N–H and O–H groups in total. The van der Waals surface area contributed by atoms with Gasteiger partial charge in [-0.2, -0.15) is 0 Å². The molecule has 44 heavy (non-hydrogen) atoms. The molecular formula is C34H35BrClN3O4S. The number of hydrogen-bond acceptors (Lipinski definition) is 4. The number of hydrogen-bond donors (Lipinski definition) is 1.